The molecular weight excluding hydrogens is 334 g/mol. The van der Waals surface area contributed by atoms with Crippen LogP contribution in [0.5, 0.6) is 0 Å². The van der Waals surface area contributed by atoms with Gasteiger partial charge in [-0.05, 0) is 24.3 Å². The minimum absolute atomic E-state index is 0.248. The number of halogens is 1. The molecule has 0 saturated heterocycles. The summed E-state index contributed by atoms with van der Waals surface area (Å²) in [7, 11) is 0. The summed E-state index contributed by atoms with van der Waals surface area (Å²) in [6, 6.07) is 17.2. The van der Waals surface area contributed by atoms with E-state index in [0.717, 1.165) is 16.5 Å². The van der Waals surface area contributed by atoms with Crippen LogP contribution in [0.3, 0.4) is 0 Å². The van der Waals surface area contributed by atoms with Gasteiger partial charge in [-0.1, -0.05) is 41.9 Å². The molecule has 1 amide bonds. The van der Waals surface area contributed by atoms with Crippen LogP contribution in [0, 0.1) is 11.3 Å². The molecule has 3 rings (SSSR count). The van der Waals surface area contributed by atoms with Gasteiger partial charge >= 0.3 is 0 Å². The lowest BCUT2D eigenvalue weighted by Crippen LogP contribution is -2.07. The largest absolute Gasteiger partial charge is 0.346 e. The van der Waals surface area contributed by atoms with Gasteiger partial charge in [0.25, 0.3) is 0 Å². The molecular formula is C20H16ClN3O. The number of aryl methyl sites for hydroxylation is 1. The van der Waals surface area contributed by atoms with Crippen molar-refractivity contribution in [3.8, 4) is 6.07 Å². The molecule has 4 nitrogen and oxygen atoms in total. The average Bonchev–Trinajstić information content (AvgIpc) is 2.98. The summed E-state index contributed by atoms with van der Waals surface area (Å²) in [6.07, 6.45) is 5.66. The van der Waals surface area contributed by atoms with Gasteiger partial charge < -0.3 is 9.88 Å². The molecule has 0 aliphatic carbocycles. The number of hydrogen-bond donors (Lipinski definition) is 1. The summed E-state index contributed by atoms with van der Waals surface area (Å²) in [5, 5.41) is 13.1. The number of para-hydroxylation sites is 2. The van der Waals surface area contributed by atoms with Crippen molar-refractivity contribution in [2.24, 2.45) is 0 Å². The molecule has 3 aromatic rings. The summed E-state index contributed by atoms with van der Waals surface area (Å²) in [5.41, 5.74) is 2.56. The van der Waals surface area contributed by atoms with Gasteiger partial charge in [-0.15, -0.1) is 0 Å². The predicted molar refractivity (Wildman–Crippen MR) is 101 cm³/mol. The smallest absolute Gasteiger partial charge is 0.248 e. The van der Waals surface area contributed by atoms with Crippen molar-refractivity contribution in [3.63, 3.8) is 0 Å². The van der Waals surface area contributed by atoms with Gasteiger partial charge in [0, 0.05) is 35.3 Å². The van der Waals surface area contributed by atoms with Crippen LogP contribution in [0.1, 0.15) is 12.0 Å². The van der Waals surface area contributed by atoms with Crippen LogP contribution < -0.4 is 5.32 Å². The Kier molecular flexibility index (Phi) is 5.17. The molecule has 0 spiro atoms. The Morgan fingerprint density at radius 1 is 1.20 bits per heavy atom. The maximum absolute atomic E-state index is 12.1. The third-order valence-electron chi connectivity index (χ3n) is 3.83. The zero-order valence-electron chi connectivity index (χ0n) is 13.4. The van der Waals surface area contributed by atoms with Crippen LogP contribution in [0.25, 0.3) is 17.0 Å². The van der Waals surface area contributed by atoms with E-state index < -0.39 is 0 Å². The molecule has 124 valence electrons. The lowest BCUT2D eigenvalue weighted by molar-refractivity contribution is -0.111. The summed E-state index contributed by atoms with van der Waals surface area (Å²) in [5.74, 6) is -0.248. The summed E-state index contributed by atoms with van der Waals surface area (Å²) >= 11 is 6.05. The van der Waals surface area contributed by atoms with E-state index in [1.165, 1.54) is 6.08 Å². The monoisotopic (exact) mass is 349 g/mol. The van der Waals surface area contributed by atoms with Gasteiger partial charge in [-0.25, -0.2) is 0 Å². The van der Waals surface area contributed by atoms with Crippen LogP contribution in [0.2, 0.25) is 5.02 Å². The molecule has 1 heterocycles. The Morgan fingerprint density at radius 2 is 1.96 bits per heavy atom. The number of carbonyl (C=O) groups excluding carboxylic acids is 1. The first-order valence-corrected chi connectivity index (χ1v) is 8.25. The number of carbonyl (C=O) groups is 1. The first-order chi connectivity index (χ1) is 12.2. The number of nitriles is 1. The first-order valence-electron chi connectivity index (χ1n) is 7.87. The highest BCUT2D eigenvalue weighted by Gasteiger charge is 2.07. The Balaban J connectivity index is 1.82. The van der Waals surface area contributed by atoms with Crippen molar-refractivity contribution in [1.29, 1.82) is 5.26 Å². The summed E-state index contributed by atoms with van der Waals surface area (Å²) in [6.45, 7) is 0.622. The number of hydrogen-bond acceptors (Lipinski definition) is 2. The van der Waals surface area contributed by atoms with Crippen molar-refractivity contribution in [2.75, 3.05) is 5.32 Å². The third-order valence-corrected chi connectivity index (χ3v) is 4.16. The van der Waals surface area contributed by atoms with Crippen LogP contribution in [-0.2, 0) is 11.3 Å². The van der Waals surface area contributed by atoms with E-state index >= 15 is 0 Å². The van der Waals surface area contributed by atoms with Gasteiger partial charge in [0.05, 0.1) is 23.2 Å². The van der Waals surface area contributed by atoms with Gasteiger partial charge in [0.2, 0.25) is 5.91 Å². The SMILES string of the molecule is N#CCCn1cc(/C=C/C(=O)Nc2ccccc2Cl)c2ccccc21. The second kappa shape index (κ2) is 7.69. The van der Waals surface area contributed by atoms with Crippen molar-refractivity contribution in [1.82, 2.24) is 4.57 Å². The lowest BCUT2D eigenvalue weighted by atomic mass is 10.1. The molecule has 0 fully saturated rings. The van der Waals surface area contributed by atoms with Crippen LogP contribution in [-0.4, -0.2) is 10.5 Å². The normalized spacial score (nSPS) is 10.9. The van der Waals surface area contributed by atoms with E-state index in [1.54, 1.807) is 18.2 Å². The molecule has 0 radical (unpaired) electrons. The molecule has 0 saturated carbocycles. The molecule has 2 aromatic carbocycles. The Morgan fingerprint density at radius 3 is 2.76 bits per heavy atom. The van der Waals surface area contributed by atoms with Crippen molar-refractivity contribution < 1.29 is 4.79 Å². The highest BCUT2D eigenvalue weighted by Crippen LogP contribution is 2.23. The average molecular weight is 350 g/mol. The van der Waals surface area contributed by atoms with E-state index in [1.807, 2.05) is 47.2 Å². The second-order valence-electron chi connectivity index (χ2n) is 5.51. The quantitative estimate of drug-likeness (QED) is 0.669. The molecule has 25 heavy (non-hydrogen) atoms. The molecule has 0 atom stereocenters. The minimum atomic E-state index is -0.248. The fraction of sp³-hybridized carbons (Fsp3) is 0.100. The zero-order valence-corrected chi connectivity index (χ0v) is 14.2. The van der Waals surface area contributed by atoms with Crippen LogP contribution in [0.15, 0.2) is 60.8 Å². The summed E-state index contributed by atoms with van der Waals surface area (Å²) in [4.78, 5) is 12.1. The Labute approximate surface area is 150 Å². The topological polar surface area (TPSA) is 57.8 Å². The number of rotatable bonds is 5. The maximum Gasteiger partial charge on any atom is 0.248 e. The van der Waals surface area contributed by atoms with E-state index in [-0.39, 0.29) is 5.91 Å². The number of fused-ring (bicyclic) bond motifs is 1. The molecule has 0 unspecified atom stereocenters. The van der Waals surface area contributed by atoms with E-state index in [4.69, 9.17) is 16.9 Å². The number of amides is 1. The van der Waals surface area contributed by atoms with Crippen molar-refractivity contribution >= 4 is 40.2 Å². The molecule has 0 bridgehead atoms. The van der Waals surface area contributed by atoms with E-state index in [9.17, 15) is 4.79 Å². The number of aromatic nitrogens is 1. The minimum Gasteiger partial charge on any atom is -0.346 e. The molecule has 0 aliphatic heterocycles. The van der Waals surface area contributed by atoms with Crippen LogP contribution in [0.4, 0.5) is 5.69 Å². The molecule has 1 N–H and O–H groups in total. The second-order valence-corrected chi connectivity index (χ2v) is 5.91. The standard InChI is InChI=1S/C20H16ClN3O/c21-17-7-2-3-8-18(17)23-20(25)11-10-15-14-24(13-5-12-22)19-9-4-1-6-16(15)19/h1-4,6-11,14H,5,13H2,(H,23,25)/b11-10+. The number of anilines is 1. The number of benzene rings is 2. The lowest BCUT2D eigenvalue weighted by Gasteiger charge is -2.03. The predicted octanol–water partition coefficient (Wildman–Crippen LogP) is 4.86. The van der Waals surface area contributed by atoms with Crippen LogP contribution >= 0.6 is 11.6 Å². The Bertz CT molecular complexity index is 982. The highest BCUT2D eigenvalue weighted by atomic mass is 35.5. The fourth-order valence-corrected chi connectivity index (χ4v) is 2.85. The van der Waals surface area contributed by atoms with E-state index in [2.05, 4.69) is 11.4 Å². The van der Waals surface area contributed by atoms with Gasteiger partial charge in [-0.3, -0.25) is 4.79 Å². The van der Waals surface area contributed by atoms with Crippen molar-refractivity contribution in [3.05, 3.63) is 71.4 Å². The molecule has 5 heteroatoms. The molecule has 1 aromatic heterocycles. The number of nitrogens with zero attached hydrogens (tertiary/aromatic N) is 2. The van der Waals surface area contributed by atoms with Crippen molar-refractivity contribution in [2.45, 2.75) is 13.0 Å². The van der Waals surface area contributed by atoms with Gasteiger partial charge in [-0.2, -0.15) is 5.26 Å². The summed E-state index contributed by atoms with van der Waals surface area (Å²) < 4.78 is 2.03. The zero-order chi connectivity index (χ0) is 17.6. The van der Waals surface area contributed by atoms with Gasteiger partial charge in [0.1, 0.15) is 0 Å². The maximum atomic E-state index is 12.1. The number of nitrogens with one attached hydrogen (secondary N) is 1. The van der Waals surface area contributed by atoms with E-state index in [0.29, 0.717) is 23.7 Å². The highest BCUT2D eigenvalue weighted by molar-refractivity contribution is 6.33. The molecule has 0 aliphatic rings. The fourth-order valence-electron chi connectivity index (χ4n) is 2.67. The first kappa shape index (κ1) is 16.8. The third kappa shape index (κ3) is 3.90. The van der Waals surface area contributed by atoms with Gasteiger partial charge in [0.15, 0.2) is 0 Å². The Hall–Kier alpha value is -3.03.